The molecule has 0 aliphatic rings. The zero-order valence-electron chi connectivity index (χ0n) is 33.5. The van der Waals surface area contributed by atoms with Crippen molar-refractivity contribution < 1.29 is 144 Å². The van der Waals surface area contributed by atoms with E-state index in [1.165, 1.54) is 18.2 Å². The van der Waals surface area contributed by atoms with E-state index in [4.69, 9.17) is 0 Å². The van der Waals surface area contributed by atoms with Gasteiger partial charge in [0, 0.05) is 22.1 Å². The Hall–Kier alpha value is -2.98. The van der Waals surface area contributed by atoms with Gasteiger partial charge in [0.25, 0.3) is 0 Å². The number of aromatic nitrogens is 6. The molecule has 0 fully saturated rings. The molecule has 280 valence electrons. The maximum Gasteiger partial charge on any atom is 1.00 e. The molecule has 20 heteroatoms. The van der Waals surface area contributed by atoms with E-state index in [0.717, 1.165) is 49.5 Å². The van der Waals surface area contributed by atoms with E-state index in [9.17, 15) is 25.9 Å². The van der Waals surface area contributed by atoms with Gasteiger partial charge in [-0.1, -0.05) is 41.8 Å². The Bertz CT molecular complexity index is 3730. The average Bonchev–Trinajstić information content (AvgIpc) is 4.05. The third-order valence-electron chi connectivity index (χ3n) is 10.3. The van der Waals surface area contributed by atoms with Crippen molar-refractivity contribution >= 4 is 87.4 Å². The fourth-order valence-corrected chi connectivity index (χ4v) is 8.69. The zero-order valence-corrected chi connectivity index (χ0v) is 43.1. The van der Waals surface area contributed by atoms with E-state index in [-0.39, 0.29) is 134 Å². The number of azo groups is 1. The van der Waals surface area contributed by atoms with Gasteiger partial charge in [0.15, 0.2) is 0 Å². The molecule has 14 nitrogen and oxygen atoms in total. The van der Waals surface area contributed by atoms with Crippen LogP contribution in [0.25, 0.3) is 67.1 Å². The predicted octanol–water partition coefficient (Wildman–Crippen LogP) is -4.22. The Morgan fingerprint density at radius 2 is 1.31 bits per heavy atom. The topological polar surface area (TPSA) is 167 Å². The molecule has 0 atom stereocenters. The third kappa shape index (κ3) is 7.77. The number of benzene rings is 7. The van der Waals surface area contributed by atoms with E-state index in [2.05, 4.69) is 22.4 Å². The maximum absolute atomic E-state index is 12.4. The fourth-order valence-electron chi connectivity index (χ4n) is 7.49. The fraction of sp³-hybridized carbons (Fsp3) is 0.0244. The van der Waals surface area contributed by atoms with Gasteiger partial charge in [0.1, 0.15) is 31.3 Å². The minimum atomic E-state index is -4.80. The van der Waals surface area contributed by atoms with Crippen molar-refractivity contribution in [3.63, 3.8) is 0 Å². The average molecular weight is 881 g/mol. The third-order valence-corrected chi connectivity index (χ3v) is 12.0. The molecule has 0 bridgehead atoms. The van der Waals surface area contributed by atoms with Crippen LogP contribution >= 0.6 is 0 Å². The second kappa shape index (κ2) is 16.9. The Kier molecular flexibility index (Phi) is 12.7. The maximum atomic E-state index is 12.4. The number of fused-ring (bicyclic) bond motifs is 12. The van der Waals surface area contributed by atoms with E-state index in [1.54, 1.807) is 54.6 Å². The van der Waals surface area contributed by atoms with Gasteiger partial charge in [-0.2, -0.15) is 29.5 Å². The van der Waals surface area contributed by atoms with Crippen molar-refractivity contribution in [2.75, 3.05) is 0 Å². The van der Waals surface area contributed by atoms with Crippen LogP contribution in [0.4, 0.5) is 11.4 Å². The molecule has 11 rings (SSSR count). The van der Waals surface area contributed by atoms with Crippen molar-refractivity contribution in [3.8, 4) is 11.4 Å². The van der Waals surface area contributed by atoms with E-state index in [0.29, 0.717) is 28.0 Å². The summed E-state index contributed by atoms with van der Waals surface area (Å²) in [6.07, 6.45) is 3.26. The number of aryl methyl sites for hydroxylation is 1. The summed E-state index contributed by atoms with van der Waals surface area (Å²) in [7, 11) is -9.36. The minimum absolute atomic E-state index is 0. The summed E-state index contributed by atoms with van der Waals surface area (Å²) < 4.78 is 79.5. The Labute approximate surface area is 436 Å². The Morgan fingerprint density at radius 1 is 0.607 bits per heavy atom. The first kappa shape index (κ1) is 46.0. The van der Waals surface area contributed by atoms with Crippen LogP contribution in [0.2, 0.25) is 0 Å². The summed E-state index contributed by atoms with van der Waals surface area (Å²) in [5.74, 6) is 0. The van der Waals surface area contributed by atoms with Crippen molar-refractivity contribution in [1.82, 2.24) is 28.1 Å². The van der Waals surface area contributed by atoms with Gasteiger partial charge in [0.05, 0.1) is 26.9 Å². The summed E-state index contributed by atoms with van der Waals surface area (Å²) in [5, 5.41) is 12.3. The summed E-state index contributed by atoms with van der Waals surface area (Å²) in [4.78, 5) is 3.20. The van der Waals surface area contributed by atoms with Crippen LogP contribution in [0.15, 0.2) is 135 Å². The van der Waals surface area contributed by atoms with E-state index >= 15 is 0 Å². The molecule has 0 amide bonds. The molecule has 0 aliphatic heterocycles. The summed E-state index contributed by atoms with van der Waals surface area (Å²) in [5.41, 5.74) is 8.27. The van der Waals surface area contributed by atoms with Crippen LogP contribution in [0.3, 0.4) is 0 Å². The first-order chi connectivity index (χ1) is 27.4. The van der Waals surface area contributed by atoms with Crippen LogP contribution in [0.1, 0.15) is 16.7 Å². The zero-order chi connectivity index (χ0) is 39.0. The van der Waals surface area contributed by atoms with Gasteiger partial charge in [0.2, 0.25) is 0 Å². The predicted molar refractivity (Wildman–Crippen MR) is 211 cm³/mol. The standard InChI is InChI=1S/C41H26N8O6S2.4Na/c1-25-22-31(44-46-38-21-12-29-23-33(56(50,51)52)17-18-35(29)41(38)49(44)46)16-19-36(25)43-42-30-13-7-26(8-14-30)6-9-28-10-15-32(24-39(28)57(53,54)55)45-47-37-20-11-27-4-2-3-5-34(27)40(37)48(45)47;;;;/h2-7,9-10,12-24H,1H3,(H,50,51,52)(H,53,54,55);;;;/q-2;4*+1/p-2. The van der Waals surface area contributed by atoms with E-state index < -0.39 is 20.2 Å². The normalized spacial score (nSPS) is 12.4. The monoisotopic (exact) mass is 880 g/mol. The van der Waals surface area contributed by atoms with Gasteiger partial charge in [-0.15, -0.1) is 69.3 Å². The molecule has 0 N–H and O–H groups in total. The molecule has 0 saturated carbocycles. The largest absolute Gasteiger partial charge is 1.00 e. The van der Waals surface area contributed by atoms with Crippen LogP contribution in [0, 0.1) is 19.1 Å². The van der Waals surface area contributed by atoms with Crippen LogP contribution < -0.4 is 118 Å². The second-order valence-corrected chi connectivity index (χ2v) is 16.5. The Balaban J connectivity index is 0.00000140. The summed E-state index contributed by atoms with van der Waals surface area (Å²) in [6, 6.07) is 40.0. The molecular weight excluding hydrogens is 857 g/mol. The SMILES string of the molecule is Cc1cc(-n2n3c4ccc5cc(S(=O)(=O)[O-])ccc5c4n23)ccc1N=Nc1c[c-]c(C=Cc2ccc(-n3n4c5c[c-]c6ccccc6c5n34)cc2S(=O)(=O)[O-])cc1.[Na+].[Na+].[Na+].[Na+]. The first-order valence-electron chi connectivity index (χ1n) is 17.5. The van der Waals surface area contributed by atoms with Gasteiger partial charge < -0.3 is 9.11 Å². The number of rotatable bonds is 8. The van der Waals surface area contributed by atoms with Crippen LogP contribution in [0.5, 0.6) is 0 Å². The molecule has 4 heterocycles. The van der Waals surface area contributed by atoms with E-state index in [1.807, 2.05) is 89.6 Å². The number of nitrogens with zero attached hydrogens (tertiary/aromatic N) is 8. The van der Waals surface area contributed by atoms with Crippen molar-refractivity contribution in [3.05, 3.63) is 144 Å². The molecule has 0 aliphatic carbocycles. The minimum Gasteiger partial charge on any atom is -0.744 e. The molecule has 7 aromatic carbocycles. The van der Waals surface area contributed by atoms with Crippen LogP contribution in [-0.4, -0.2) is 54.1 Å². The number of hydrogen-bond acceptors (Lipinski definition) is 8. The smallest absolute Gasteiger partial charge is 0.744 e. The Morgan fingerprint density at radius 3 is 2.02 bits per heavy atom. The number of hydrogen-bond donors (Lipinski definition) is 0. The van der Waals surface area contributed by atoms with Gasteiger partial charge in [-0.3, -0.25) is 0 Å². The molecule has 61 heavy (non-hydrogen) atoms. The van der Waals surface area contributed by atoms with Crippen molar-refractivity contribution in [1.29, 1.82) is 0 Å². The van der Waals surface area contributed by atoms with Gasteiger partial charge in [-0.25, -0.2) is 21.9 Å². The molecule has 0 radical (unpaired) electrons. The second-order valence-electron chi connectivity index (χ2n) is 13.8. The summed E-state index contributed by atoms with van der Waals surface area (Å²) >= 11 is 0. The molecule has 0 spiro atoms. The molecule has 0 saturated heterocycles. The van der Waals surface area contributed by atoms with Gasteiger partial charge >= 0.3 is 118 Å². The quantitative estimate of drug-likeness (QED) is 0.0494. The van der Waals surface area contributed by atoms with Crippen molar-refractivity contribution in [2.24, 2.45) is 10.2 Å². The first-order valence-corrected chi connectivity index (χ1v) is 20.3. The molecule has 11 aromatic rings. The van der Waals surface area contributed by atoms with Crippen LogP contribution in [-0.2, 0) is 20.2 Å². The van der Waals surface area contributed by atoms with Gasteiger partial charge in [-0.05, 0) is 72.0 Å². The molecular formula is C41H24N8Na4O6S2. The van der Waals surface area contributed by atoms with Crippen molar-refractivity contribution in [2.45, 2.75) is 16.7 Å². The summed E-state index contributed by atoms with van der Waals surface area (Å²) in [6.45, 7) is 1.94. The molecule has 4 aromatic heterocycles. The molecule has 0 unspecified atom stereocenters.